The molecule has 132 valence electrons. The van der Waals surface area contributed by atoms with Crippen molar-refractivity contribution in [3.05, 3.63) is 65.7 Å². The van der Waals surface area contributed by atoms with Crippen molar-refractivity contribution in [2.24, 2.45) is 0 Å². The van der Waals surface area contributed by atoms with E-state index in [2.05, 4.69) is 12.2 Å². The number of nitrogens with one attached hydrogen (secondary N) is 1. The molecule has 1 atom stereocenters. The van der Waals surface area contributed by atoms with Crippen LogP contribution >= 0.6 is 0 Å². The number of nitrogens with zero attached hydrogens (tertiary/aromatic N) is 1. The predicted molar refractivity (Wildman–Crippen MR) is 99.5 cm³/mol. The number of carbonyl (C=O) groups excluding carboxylic acids is 1. The molecule has 1 saturated heterocycles. The number of benzene rings is 2. The fourth-order valence-corrected chi connectivity index (χ4v) is 3.33. The molecule has 0 aromatic heterocycles. The number of carbonyl (C=O) groups is 1. The van der Waals surface area contributed by atoms with Crippen molar-refractivity contribution in [3.8, 4) is 5.75 Å². The third-order valence-electron chi connectivity index (χ3n) is 4.75. The lowest BCUT2D eigenvalue weighted by Gasteiger charge is -2.24. The average molecular weight is 338 g/mol. The van der Waals surface area contributed by atoms with Gasteiger partial charge in [0, 0.05) is 24.7 Å². The van der Waals surface area contributed by atoms with Crippen molar-refractivity contribution >= 4 is 6.03 Å². The SMILES string of the molecule is CCC1CCCN1C(=O)NCc1ccccc1OCc1ccccc1. The van der Waals surface area contributed by atoms with Crippen LogP contribution in [0.5, 0.6) is 5.75 Å². The number of ether oxygens (including phenoxy) is 1. The van der Waals surface area contributed by atoms with Gasteiger partial charge in [0.1, 0.15) is 12.4 Å². The molecule has 0 bridgehead atoms. The summed E-state index contributed by atoms with van der Waals surface area (Å²) in [5, 5.41) is 3.05. The largest absolute Gasteiger partial charge is 0.489 e. The van der Waals surface area contributed by atoms with Crippen LogP contribution in [0.1, 0.15) is 37.3 Å². The van der Waals surface area contributed by atoms with Gasteiger partial charge in [0.15, 0.2) is 0 Å². The molecule has 1 aliphatic rings. The van der Waals surface area contributed by atoms with E-state index in [9.17, 15) is 4.79 Å². The van der Waals surface area contributed by atoms with Crippen molar-refractivity contribution in [2.75, 3.05) is 6.54 Å². The van der Waals surface area contributed by atoms with Gasteiger partial charge in [0.05, 0.1) is 0 Å². The maximum atomic E-state index is 12.5. The number of urea groups is 1. The summed E-state index contributed by atoms with van der Waals surface area (Å²) in [4.78, 5) is 14.4. The van der Waals surface area contributed by atoms with E-state index in [1.54, 1.807) is 0 Å². The van der Waals surface area contributed by atoms with Gasteiger partial charge in [-0.2, -0.15) is 0 Å². The molecule has 1 heterocycles. The molecule has 3 rings (SSSR count). The van der Waals surface area contributed by atoms with Gasteiger partial charge in [-0.1, -0.05) is 55.5 Å². The first-order chi connectivity index (χ1) is 12.3. The third-order valence-corrected chi connectivity index (χ3v) is 4.75. The van der Waals surface area contributed by atoms with Crippen LogP contribution in [0.2, 0.25) is 0 Å². The van der Waals surface area contributed by atoms with Crippen molar-refractivity contribution < 1.29 is 9.53 Å². The van der Waals surface area contributed by atoms with Gasteiger partial charge >= 0.3 is 6.03 Å². The molecule has 4 heteroatoms. The van der Waals surface area contributed by atoms with E-state index < -0.39 is 0 Å². The monoisotopic (exact) mass is 338 g/mol. The van der Waals surface area contributed by atoms with Crippen LogP contribution in [0.3, 0.4) is 0 Å². The van der Waals surface area contributed by atoms with Gasteiger partial charge in [-0.25, -0.2) is 4.79 Å². The van der Waals surface area contributed by atoms with Crippen LogP contribution in [0.25, 0.3) is 0 Å². The second-order valence-corrected chi connectivity index (χ2v) is 6.44. The zero-order valence-electron chi connectivity index (χ0n) is 14.8. The summed E-state index contributed by atoms with van der Waals surface area (Å²) < 4.78 is 5.96. The Morgan fingerprint density at radius 3 is 2.72 bits per heavy atom. The average Bonchev–Trinajstić information content (AvgIpc) is 3.15. The highest BCUT2D eigenvalue weighted by Gasteiger charge is 2.26. The molecular weight excluding hydrogens is 312 g/mol. The minimum absolute atomic E-state index is 0.0298. The normalized spacial score (nSPS) is 16.7. The molecule has 0 aliphatic carbocycles. The lowest BCUT2D eigenvalue weighted by molar-refractivity contribution is 0.190. The Balaban J connectivity index is 1.58. The molecule has 1 fully saturated rings. The molecule has 4 nitrogen and oxygen atoms in total. The zero-order chi connectivity index (χ0) is 17.5. The molecule has 25 heavy (non-hydrogen) atoms. The Labute approximate surface area is 149 Å². The predicted octanol–water partition coefficient (Wildman–Crippen LogP) is 4.35. The van der Waals surface area contributed by atoms with E-state index in [4.69, 9.17) is 4.74 Å². The zero-order valence-corrected chi connectivity index (χ0v) is 14.8. The third kappa shape index (κ3) is 4.53. The fourth-order valence-electron chi connectivity index (χ4n) is 3.33. The Morgan fingerprint density at radius 2 is 1.92 bits per heavy atom. The maximum absolute atomic E-state index is 12.5. The fraction of sp³-hybridized carbons (Fsp3) is 0.381. The van der Waals surface area contributed by atoms with Crippen LogP contribution in [0, 0.1) is 0 Å². The Bertz CT molecular complexity index is 687. The van der Waals surface area contributed by atoms with Crippen LogP contribution in [0.4, 0.5) is 4.79 Å². The number of para-hydroxylation sites is 1. The highest BCUT2D eigenvalue weighted by Crippen LogP contribution is 2.21. The first kappa shape index (κ1) is 17.3. The molecule has 1 aliphatic heterocycles. The Kier molecular flexibility index (Phi) is 5.94. The van der Waals surface area contributed by atoms with Crippen LogP contribution in [-0.4, -0.2) is 23.5 Å². The van der Waals surface area contributed by atoms with Crippen molar-refractivity contribution in [1.29, 1.82) is 0 Å². The van der Waals surface area contributed by atoms with E-state index in [1.165, 1.54) is 0 Å². The minimum Gasteiger partial charge on any atom is -0.489 e. The summed E-state index contributed by atoms with van der Waals surface area (Å²) in [5.74, 6) is 0.820. The quantitative estimate of drug-likeness (QED) is 0.851. The van der Waals surface area contributed by atoms with E-state index in [1.807, 2.05) is 59.5 Å². The van der Waals surface area contributed by atoms with Gasteiger partial charge in [0.2, 0.25) is 0 Å². The maximum Gasteiger partial charge on any atom is 0.317 e. The lowest BCUT2D eigenvalue weighted by Crippen LogP contribution is -2.42. The van der Waals surface area contributed by atoms with Crippen LogP contribution < -0.4 is 10.1 Å². The van der Waals surface area contributed by atoms with Crippen molar-refractivity contribution in [3.63, 3.8) is 0 Å². The number of amides is 2. The van der Waals surface area contributed by atoms with E-state index in [0.717, 1.165) is 42.7 Å². The van der Waals surface area contributed by atoms with Crippen LogP contribution in [0.15, 0.2) is 54.6 Å². The van der Waals surface area contributed by atoms with E-state index in [-0.39, 0.29) is 6.03 Å². The van der Waals surface area contributed by atoms with Gasteiger partial charge in [-0.05, 0) is 30.9 Å². The molecular formula is C21H26N2O2. The van der Waals surface area contributed by atoms with Crippen molar-refractivity contribution in [2.45, 2.75) is 45.4 Å². The lowest BCUT2D eigenvalue weighted by atomic mass is 10.2. The second-order valence-electron chi connectivity index (χ2n) is 6.44. The van der Waals surface area contributed by atoms with Gasteiger partial charge in [-0.3, -0.25) is 0 Å². The first-order valence-corrected chi connectivity index (χ1v) is 9.07. The summed E-state index contributed by atoms with van der Waals surface area (Å²) in [5.41, 5.74) is 2.13. The highest BCUT2D eigenvalue weighted by atomic mass is 16.5. The summed E-state index contributed by atoms with van der Waals surface area (Å²) in [6, 6.07) is 18.4. The topological polar surface area (TPSA) is 41.6 Å². The van der Waals surface area contributed by atoms with Gasteiger partial charge in [-0.15, -0.1) is 0 Å². The Morgan fingerprint density at radius 1 is 1.16 bits per heavy atom. The summed E-state index contributed by atoms with van der Waals surface area (Å²) in [6.45, 7) is 4.01. The molecule has 0 spiro atoms. The summed E-state index contributed by atoms with van der Waals surface area (Å²) in [7, 11) is 0. The second kappa shape index (κ2) is 8.56. The molecule has 2 aromatic rings. The van der Waals surface area contributed by atoms with Gasteiger partial charge in [0.25, 0.3) is 0 Å². The summed E-state index contributed by atoms with van der Waals surface area (Å²) >= 11 is 0. The first-order valence-electron chi connectivity index (χ1n) is 9.07. The molecule has 2 aromatic carbocycles. The van der Waals surface area contributed by atoms with Crippen molar-refractivity contribution in [1.82, 2.24) is 10.2 Å². The standard InChI is InChI=1S/C21H26N2O2/c1-2-19-12-8-14-23(19)21(24)22-15-18-11-6-7-13-20(18)25-16-17-9-4-3-5-10-17/h3-7,9-11,13,19H,2,8,12,14-16H2,1H3,(H,22,24). The number of likely N-dealkylation sites (tertiary alicyclic amines) is 1. The van der Waals surface area contributed by atoms with Crippen LogP contribution in [-0.2, 0) is 13.2 Å². The van der Waals surface area contributed by atoms with Gasteiger partial charge < -0.3 is 15.0 Å². The summed E-state index contributed by atoms with van der Waals surface area (Å²) in [6.07, 6.45) is 3.23. The molecule has 1 unspecified atom stereocenters. The Hall–Kier alpha value is -2.49. The van der Waals surface area contributed by atoms with E-state index in [0.29, 0.717) is 19.2 Å². The molecule has 0 saturated carbocycles. The number of rotatable bonds is 6. The number of hydrogen-bond donors (Lipinski definition) is 1. The molecule has 0 radical (unpaired) electrons. The molecule has 2 amide bonds. The molecule has 1 N–H and O–H groups in total. The van der Waals surface area contributed by atoms with E-state index >= 15 is 0 Å². The highest BCUT2D eigenvalue weighted by molar-refractivity contribution is 5.75. The number of hydrogen-bond acceptors (Lipinski definition) is 2. The minimum atomic E-state index is 0.0298. The smallest absolute Gasteiger partial charge is 0.317 e.